The molecule has 0 aliphatic carbocycles. The van der Waals surface area contributed by atoms with Crippen molar-refractivity contribution in [2.75, 3.05) is 5.23 Å². The molecule has 0 heterocycles. The number of halogens is 1. The molecule has 2 N–H and O–H groups in total. The SMILES string of the molecule is NN(F)c1ccccc1. The molecule has 9 heavy (non-hydrogen) atoms. The quantitative estimate of drug-likeness (QED) is 0.348. The van der Waals surface area contributed by atoms with Crippen molar-refractivity contribution in [3.8, 4) is 0 Å². The van der Waals surface area contributed by atoms with E-state index in [1.807, 2.05) is 0 Å². The first-order chi connectivity index (χ1) is 4.30. The number of anilines is 1. The minimum Gasteiger partial charge on any atom is -0.218 e. The first-order valence-corrected chi connectivity index (χ1v) is 2.56. The van der Waals surface area contributed by atoms with Crippen LogP contribution in [-0.2, 0) is 0 Å². The average molecular weight is 126 g/mol. The van der Waals surface area contributed by atoms with E-state index in [0.717, 1.165) is 0 Å². The van der Waals surface area contributed by atoms with Gasteiger partial charge in [-0.3, -0.25) is 0 Å². The molecule has 0 aliphatic heterocycles. The molecule has 0 saturated carbocycles. The monoisotopic (exact) mass is 126 g/mol. The van der Waals surface area contributed by atoms with Gasteiger partial charge in [0.15, 0.2) is 0 Å². The Labute approximate surface area is 52.6 Å². The zero-order valence-electron chi connectivity index (χ0n) is 4.79. The number of hydrogen-bond acceptors (Lipinski definition) is 2. The van der Waals surface area contributed by atoms with Crippen LogP contribution in [0.15, 0.2) is 30.3 Å². The van der Waals surface area contributed by atoms with Crippen LogP contribution in [0.4, 0.5) is 10.2 Å². The molecule has 0 amide bonds. The average Bonchev–Trinajstić information content (AvgIpc) is 1.90. The summed E-state index contributed by atoms with van der Waals surface area (Å²) in [6, 6.07) is 8.40. The topological polar surface area (TPSA) is 29.3 Å². The smallest absolute Gasteiger partial charge is 0.0872 e. The van der Waals surface area contributed by atoms with Gasteiger partial charge in [0.1, 0.15) is 0 Å². The van der Waals surface area contributed by atoms with Gasteiger partial charge in [-0.25, -0.2) is 5.84 Å². The largest absolute Gasteiger partial charge is 0.218 e. The van der Waals surface area contributed by atoms with Crippen LogP contribution in [0.3, 0.4) is 0 Å². The predicted molar refractivity (Wildman–Crippen MR) is 34.2 cm³/mol. The summed E-state index contributed by atoms with van der Waals surface area (Å²) in [5.41, 5.74) is 0.359. The molecule has 0 saturated heterocycles. The third-order valence-corrected chi connectivity index (χ3v) is 1.00. The lowest BCUT2D eigenvalue weighted by atomic mass is 10.3. The zero-order chi connectivity index (χ0) is 6.69. The Morgan fingerprint density at radius 3 is 2.11 bits per heavy atom. The Hall–Kier alpha value is -1.09. The van der Waals surface area contributed by atoms with Gasteiger partial charge in [0.2, 0.25) is 0 Å². The summed E-state index contributed by atoms with van der Waals surface area (Å²) in [4.78, 5) is 0. The molecule has 3 heteroatoms. The maximum atomic E-state index is 12.0. The number of hydrogen-bond donors (Lipinski definition) is 1. The lowest BCUT2D eigenvalue weighted by molar-refractivity contribution is 0.444. The summed E-state index contributed by atoms with van der Waals surface area (Å²) in [6.45, 7) is 0. The highest BCUT2D eigenvalue weighted by atomic mass is 19.2. The lowest BCUT2D eigenvalue weighted by Gasteiger charge is -2.03. The van der Waals surface area contributed by atoms with Crippen LogP contribution in [-0.4, -0.2) is 0 Å². The maximum Gasteiger partial charge on any atom is 0.0872 e. The van der Waals surface area contributed by atoms with Gasteiger partial charge in [0, 0.05) is 0 Å². The molecule has 0 aromatic heterocycles. The van der Waals surface area contributed by atoms with Gasteiger partial charge in [-0.05, 0) is 12.1 Å². The summed E-state index contributed by atoms with van der Waals surface area (Å²) in [7, 11) is 0. The van der Waals surface area contributed by atoms with Gasteiger partial charge in [-0.15, -0.1) is 5.23 Å². The predicted octanol–water partition coefficient (Wildman–Crippen LogP) is 1.25. The van der Waals surface area contributed by atoms with Crippen LogP contribution < -0.4 is 11.1 Å². The molecule has 0 atom stereocenters. The molecule has 0 radical (unpaired) electrons. The fourth-order valence-corrected chi connectivity index (χ4v) is 0.570. The van der Waals surface area contributed by atoms with Crippen LogP contribution in [0.1, 0.15) is 0 Å². The number of nitrogens with two attached hydrogens (primary N) is 1. The summed E-state index contributed by atoms with van der Waals surface area (Å²) < 4.78 is 12.0. The molecule has 1 aromatic carbocycles. The molecule has 1 rings (SSSR count). The van der Waals surface area contributed by atoms with E-state index >= 15 is 0 Å². The van der Waals surface area contributed by atoms with Crippen molar-refractivity contribution in [1.29, 1.82) is 0 Å². The number of hydrazine groups is 1. The van der Waals surface area contributed by atoms with Crippen molar-refractivity contribution in [3.05, 3.63) is 30.3 Å². The molecule has 0 unspecified atom stereocenters. The fourth-order valence-electron chi connectivity index (χ4n) is 0.570. The lowest BCUT2D eigenvalue weighted by Crippen LogP contribution is -2.19. The Balaban J connectivity index is 2.85. The molecule has 48 valence electrons. The van der Waals surface area contributed by atoms with E-state index in [2.05, 4.69) is 0 Å². The van der Waals surface area contributed by atoms with Crippen molar-refractivity contribution in [1.82, 2.24) is 0 Å². The number of para-hydroxylation sites is 1. The standard InChI is InChI=1S/C6H7FN2/c7-9(8)6-4-2-1-3-5-6/h1-5H,8H2. The van der Waals surface area contributed by atoms with E-state index in [0.29, 0.717) is 5.69 Å². The van der Waals surface area contributed by atoms with Crippen LogP contribution >= 0.6 is 0 Å². The van der Waals surface area contributed by atoms with Crippen LogP contribution in [0.5, 0.6) is 0 Å². The summed E-state index contributed by atoms with van der Waals surface area (Å²) in [6.07, 6.45) is 0. The molecular weight excluding hydrogens is 119 g/mol. The van der Waals surface area contributed by atoms with E-state index in [1.165, 1.54) is 0 Å². The van der Waals surface area contributed by atoms with E-state index in [4.69, 9.17) is 5.84 Å². The molecule has 0 bridgehead atoms. The minimum absolute atomic E-state index is 0.0833. The third-order valence-electron chi connectivity index (χ3n) is 1.00. The molecule has 0 aliphatic rings. The van der Waals surface area contributed by atoms with E-state index in [9.17, 15) is 4.48 Å². The number of nitrogens with zero attached hydrogens (tertiary/aromatic N) is 1. The highest BCUT2D eigenvalue weighted by Crippen LogP contribution is 2.07. The first-order valence-electron chi connectivity index (χ1n) is 2.56. The molecule has 2 nitrogen and oxygen atoms in total. The van der Waals surface area contributed by atoms with E-state index in [1.54, 1.807) is 30.3 Å². The zero-order valence-corrected chi connectivity index (χ0v) is 4.79. The second-order valence-corrected chi connectivity index (χ2v) is 1.65. The summed E-state index contributed by atoms with van der Waals surface area (Å²) in [5, 5.41) is 0.0833. The molecule has 0 spiro atoms. The Bertz CT molecular complexity index is 174. The highest BCUT2D eigenvalue weighted by molar-refractivity contribution is 5.41. The van der Waals surface area contributed by atoms with Gasteiger partial charge in [0.05, 0.1) is 5.69 Å². The molecule has 0 fully saturated rings. The van der Waals surface area contributed by atoms with Gasteiger partial charge in [0.25, 0.3) is 0 Å². The van der Waals surface area contributed by atoms with Crippen LogP contribution in [0.25, 0.3) is 0 Å². The Kier molecular flexibility index (Phi) is 1.65. The normalized spacial score (nSPS) is 9.11. The van der Waals surface area contributed by atoms with Crippen molar-refractivity contribution < 1.29 is 4.48 Å². The fraction of sp³-hybridized carbons (Fsp3) is 0. The first kappa shape index (κ1) is 6.04. The summed E-state index contributed by atoms with van der Waals surface area (Å²) in [5.74, 6) is 4.78. The van der Waals surface area contributed by atoms with Crippen molar-refractivity contribution >= 4 is 5.69 Å². The van der Waals surface area contributed by atoms with Crippen molar-refractivity contribution in [2.24, 2.45) is 5.84 Å². The Morgan fingerprint density at radius 2 is 1.78 bits per heavy atom. The number of benzene rings is 1. The van der Waals surface area contributed by atoms with Gasteiger partial charge < -0.3 is 0 Å². The maximum absolute atomic E-state index is 12.0. The highest BCUT2D eigenvalue weighted by Gasteiger charge is 1.92. The summed E-state index contributed by atoms with van der Waals surface area (Å²) >= 11 is 0. The second-order valence-electron chi connectivity index (χ2n) is 1.65. The second kappa shape index (κ2) is 2.46. The van der Waals surface area contributed by atoms with E-state index in [-0.39, 0.29) is 5.23 Å². The van der Waals surface area contributed by atoms with E-state index < -0.39 is 0 Å². The van der Waals surface area contributed by atoms with Gasteiger partial charge in [-0.1, -0.05) is 22.7 Å². The van der Waals surface area contributed by atoms with Crippen molar-refractivity contribution in [2.45, 2.75) is 0 Å². The molecule has 1 aromatic rings. The van der Waals surface area contributed by atoms with Crippen LogP contribution in [0, 0.1) is 0 Å². The van der Waals surface area contributed by atoms with Gasteiger partial charge >= 0.3 is 0 Å². The van der Waals surface area contributed by atoms with Gasteiger partial charge in [-0.2, -0.15) is 0 Å². The number of rotatable bonds is 1. The molecular formula is C6H7FN2. The van der Waals surface area contributed by atoms with Crippen LogP contribution in [0.2, 0.25) is 0 Å². The Morgan fingerprint density at radius 1 is 1.22 bits per heavy atom. The van der Waals surface area contributed by atoms with Crippen molar-refractivity contribution in [3.63, 3.8) is 0 Å². The third kappa shape index (κ3) is 1.40. The minimum atomic E-state index is 0.0833.